The van der Waals surface area contributed by atoms with Gasteiger partial charge < -0.3 is 11.1 Å². The lowest BCUT2D eigenvalue weighted by Gasteiger charge is -2.21. The smallest absolute Gasteiger partial charge is 0.238 e. The zero-order valence-corrected chi connectivity index (χ0v) is 11.9. The van der Waals surface area contributed by atoms with E-state index in [1.807, 2.05) is 0 Å². The fourth-order valence-electron chi connectivity index (χ4n) is 2.26. The van der Waals surface area contributed by atoms with E-state index < -0.39 is 5.82 Å². The highest BCUT2D eigenvalue weighted by atomic mass is 19.1. The molecule has 1 aliphatic carbocycles. The summed E-state index contributed by atoms with van der Waals surface area (Å²) in [6.07, 6.45) is 3.57. The van der Waals surface area contributed by atoms with Crippen molar-refractivity contribution in [3.8, 4) is 0 Å². The standard InChI is InChI=1S/C15H22FN3O/c1-2-7-19(9-11-3-4-11)10-15(20)18-14-6-5-12(16)8-13(14)17/h5-6,8,11H,2-4,7,9-10,17H2,1H3,(H,18,20). The molecule has 1 saturated carbocycles. The van der Waals surface area contributed by atoms with Gasteiger partial charge >= 0.3 is 0 Å². The Morgan fingerprint density at radius 3 is 2.85 bits per heavy atom. The molecule has 1 amide bonds. The second-order valence-electron chi connectivity index (χ2n) is 5.46. The lowest BCUT2D eigenvalue weighted by molar-refractivity contribution is -0.117. The van der Waals surface area contributed by atoms with Crippen LogP contribution in [-0.4, -0.2) is 30.4 Å². The fraction of sp³-hybridized carbons (Fsp3) is 0.533. The normalized spacial score (nSPS) is 14.6. The van der Waals surface area contributed by atoms with Crippen molar-refractivity contribution in [1.82, 2.24) is 4.90 Å². The molecule has 4 nitrogen and oxygen atoms in total. The first-order chi connectivity index (χ1) is 9.58. The summed E-state index contributed by atoms with van der Waals surface area (Å²) in [5.74, 6) is 0.254. The van der Waals surface area contributed by atoms with Crippen LogP contribution in [0.25, 0.3) is 0 Å². The number of halogens is 1. The minimum Gasteiger partial charge on any atom is -0.397 e. The second kappa shape index (κ2) is 6.70. The van der Waals surface area contributed by atoms with Crippen LogP contribution in [0.2, 0.25) is 0 Å². The molecule has 110 valence electrons. The predicted octanol–water partition coefficient (Wildman–Crippen LogP) is 2.47. The van der Waals surface area contributed by atoms with Gasteiger partial charge in [0.1, 0.15) is 5.82 Å². The van der Waals surface area contributed by atoms with Gasteiger partial charge in [0.25, 0.3) is 0 Å². The number of benzene rings is 1. The van der Waals surface area contributed by atoms with Gasteiger partial charge in [0, 0.05) is 6.54 Å². The Kier molecular flexibility index (Phi) is 4.95. The number of nitrogens with two attached hydrogens (primary N) is 1. The van der Waals surface area contributed by atoms with E-state index in [-0.39, 0.29) is 11.6 Å². The molecule has 1 aliphatic rings. The number of nitrogens with zero attached hydrogens (tertiary/aromatic N) is 1. The van der Waals surface area contributed by atoms with Gasteiger partial charge in [-0.25, -0.2) is 4.39 Å². The maximum Gasteiger partial charge on any atom is 0.238 e. The molecular formula is C15H22FN3O. The highest BCUT2D eigenvalue weighted by Crippen LogP contribution is 2.29. The SMILES string of the molecule is CCCN(CC(=O)Nc1ccc(F)cc1N)CC1CC1. The van der Waals surface area contributed by atoms with Gasteiger partial charge in [-0.2, -0.15) is 0 Å². The lowest BCUT2D eigenvalue weighted by atomic mass is 10.2. The van der Waals surface area contributed by atoms with E-state index >= 15 is 0 Å². The highest BCUT2D eigenvalue weighted by Gasteiger charge is 2.24. The van der Waals surface area contributed by atoms with Gasteiger partial charge in [-0.1, -0.05) is 6.92 Å². The van der Waals surface area contributed by atoms with Gasteiger partial charge in [-0.3, -0.25) is 9.69 Å². The summed E-state index contributed by atoms with van der Waals surface area (Å²) in [6.45, 7) is 4.37. The van der Waals surface area contributed by atoms with Crippen LogP contribution in [0.4, 0.5) is 15.8 Å². The maximum atomic E-state index is 12.9. The second-order valence-corrected chi connectivity index (χ2v) is 5.46. The number of rotatable bonds is 7. The number of nitrogen functional groups attached to an aromatic ring is 1. The Morgan fingerprint density at radius 1 is 1.50 bits per heavy atom. The Morgan fingerprint density at radius 2 is 2.25 bits per heavy atom. The van der Waals surface area contributed by atoms with Gasteiger partial charge in [-0.05, 0) is 49.9 Å². The summed E-state index contributed by atoms with van der Waals surface area (Å²) in [5.41, 5.74) is 6.41. The molecule has 0 heterocycles. The third-order valence-corrected chi connectivity index (χ3v) is 3.41. The summed E-state index contributed by atoms with van der Waals surface area (Å²) < 4.78 is 12.9. The first kappa shape index (κ1) is 14.8. The van der Waals surface area contributed by atoms with E-state index in [1.54, 1.807) is 0 Å². The quantitative estimate of drug-likeness (QED) is 0.754. The van der Waals surface area contributed by atoms with Gasteiger partial charge in [0.15, 0.2) is 0 Å². The largest absolute Gasteiger partial charge is 0.397 e. The molecule has 0 unspecified atom stereocenters. The highest BCUT2D eigenvalue weighted by molar-refractivity contribution is 5.95. The number of carbonyl (C=O) groups excluding carboxylic acids is 1. The van der Waals surface area contributed by atoms with Crippen molar-refractivity contribution in [3.05, 3.63) is 24.0 Å². The lowest BCUT2D eigenvalue weighted by Crippen LogP contribution is -2.35. The summed E-state index contributed by atoms with van der Waals surface area (Å²) in [7, 11) is 0. The minimum atomic E-state index is -0.401. The Hall–Kier alpha value is -1.62. The maximum absolute atomic E-state index is 12.9. The molecule has 2 rings (SSSR count). The molecule has 0 bridgehead atoms. The van der Waals surface area contributed by atoms with E-state index in [1.165, 1.54) is 31.0 Å². The number of nitrogens with one attached hydrogen (secondary N) is 1. The van der Waals surface area contributed by atoms with Gasteiger partial charge in [-0.15, -0.1) is 0 Å². The molecular weight excluding hydrogens is 257 g/mol. The molecule has 0 aliphatic heterocycles. The van der Waals surface area contributed by atoms with Crippen molar-refractivity contribution in [3.63, 3.8) is 0 Å². The summed E-state index contributed by atoms with van der Waals surface area (Å²) in [6, 6.07) is 4.00. The number of amides is 1. The van der Waals surface area contributed by atoms with Crippen LogP contribution in [-0.2, 0) is 4.79 Å². The van der Waals surface area contributed by atoms with E-state index in [2.05, 4.69) is 17.1 Å². The number of carbonyl (C=O) groups is 1. The average Bonchev–Trinajstić information content (AvgIpc) is 3.17. The van der Waals surface area contributed by atoms with Crippen molar-refractivity contribution in [2.75, 3.05) is 30.7 Å². The Balaban J connectivity index is 1.89. The molecule has 20 heavy (non-hydrogen) atoms. The summed E-state index contributed by atoms with van der Waals surface area (Å²) in [4.78, 5) is 14.2. The zero-order valence-electron chi connectivity index (χ0n) is 11.9. The number of anilines is 2. The number of hydrogen-bond donors (Lipinski definition) is 2. The van der Waals surface area contributed by atoms with Crippen LogP contribution in [0.1, 0.15) is 26.2 Å². The van der Waals surface area contributed by atoms with E-state index in [9.17, 15) is 9.18 Å². The zero-order chi connectivity index (χ0) is 14.5. The van der Waals surface area contributed by atoms with Crippen LogP contribution >= 0.6 is 0 Å². The van der Waals surface area contributed by atoms with Crippen LogP contribution < -0.4 is 11.1 Å². The van der Waals surface area contributed by atoms with Crippen molar-refractivity contribution in [2.45, 2.75) is 26.2 Å². The molecule has 1 aromatic carbocycles. The summed E-state index contributed by atoms with van der Waals surface area (Å²) >= 11 is 0. The van der Waals surface area contributed by atoms with Crippen LogP contribution in [0.15, 0.2) is 18.2 Å². The predicted molar refractivity (Wildman–Crippen MR) is 78.9 cm³/mol. The molecule has 0 aromatic heterocycles. The van der Waals surface area contributed by atoms with E-state index in [4.69, 9.17) is 5.73 Å². The molecule has 5 heteroatoms. The third kappa shape index (κ3) is 4.49. The fourth-order valence-corrected chi connectivity index (χ4v) is 2.26. The molecule has 3 N–H and O–H groups in total. The molecule has 1 aromatic rings. The Bertz CT molecular complexity index is 474. The van der Waals surface area contributed by atoms with Crippen molar-refractivity contribution >= 4 is 17.3 Å². The van der Waals surface area contributed by atoms with E-state index in [0.717, 1.165) is 25.4 Å². The molecule has 0 spiro atoms. The van der Waals surface area contributed by atoms with Crippen molar-refractivity contribution in [1.29, 1.82) is 0 Å². The van der Waals surface area contributed by atoms with Gasteiger partial charge in [0.05, 0.1) is 17.9 Å². The topological polar surface area (TPSA) is 58.4 Å². The Labute approximate surface area is 119 Å². The van der Waals surface area contributed by atoms with Crippen molar-refractivity contribution in [2.24, 2.45) is 5.92 Å². The van der Waals surface area contributed by atoms with Gasteiger partial charge in [0.2, 0.25) is 5.91 Å². The molecule has 0 radical (unpaired) electrons. The third-order valence-electron chi connectivity index (χ3n) is 3.41. The minimum absolute atomic E-state index is 0.0996. The molecule has 1 fully saturated rings. The van der Waals surface area contributed by atoms with Crippen molar-refractivity contribution < 1.29 is 9.18 Å². The van der Waals surface area contributed by atoms with Crippen LogP contribution in [0.3, 0.4) is 0 Å². The molecule has 0 atom stereocenters. The van der Waals surface area contributed by atoms with E-state index in [0.29, 0.717) is 12.2 Å². The molecule has 0 saturated heterocycles. The van der Waals surface area contributed by atoms with Crippen LogP contribution in [0, 0.1) is 11.7 Å². The van der Waals surface area contributed by atoms with Crippen LogP contribution in [0.5, 0.6) is 0 Å². The average molecular weight is 279 g/mol. The number of hydrogen-bond acceptors (Lipinski definition) is 3. The monoisotopic (exact) mass is 279 g/mol. The first-order valence-electron chi connectivity index (χ1n) is 7.15. The summed E-state index contributed by atoms with van der Waals surface area (Å²) in [5, 5.41) is 2.75. The first-order valence-corrected chi connectivity index (χ1v) is 7.15.